The summed E-state index contributed by atoms with van der Waals surface area (Å²) >= 11 is 0. The largest absolute Gasteiger partial charge is 0.480 e. The van der Waals surface area contributed by atoms with Crippen LogP contribution in [0.25, 0.3) is 0 Å². The highest BCUT2D eigenvalue weighted by atomic mass is 16.4. The zero-order chi connectivity index (χ0) is 16.0. The molecular weight excluding hydrogens is 274 g/mol. The van der Waals surface area contributed by atoms with Gasteiger partial charge >= 0.3 is 12.0 Å². The van der Waals surface area contributed by atoms with Gasteiger partial charge in [-0.05, 0) is 32.1 Å². The van der Waals surface area contributed by atoms with Gasteiger partial charge in [-0.25, -0.2) is 9.59 Å². The van der Waals surface area contributed by atoms with Crippen molar-refractivity contribution in [2.45, 2.75) is 52.1 Å². The van der Waals surface area contributed by atoms with Crippen molar-refractivity contribution in [3.63, 3.8) is 0 Å². The van der Waals surface area contributed by atoms with Crippen LogP contribution in [0.5, 0.6) is 0 Å². The molecule has 7 nitrogen and oxygen atoms in total. The SMILES string of the molecule is CC(NC(=O)NC(C(=O)O)C(C)C)C(=O)N1CCCCC1. The fraction of sp³-hybridized carbons (Fsp3) is 0.786. The van der Waals surface area contributed by atoms with Gasteiger partial charge in [-0.2, -0.15) is 0 Å². The summed E-state index contributed by atoms with van der Waals surface area (Å²) in [6, 6.07) is -2.26. The van der Waals surface area contributed by atoms with Crippen molar-refractivity contribution in [3.8, 4) is 0 Å². The molecular formula is C14H25N3O4. The number of likely N-dealkylation sites (tertiary alicyclic amines) is 1. The van der Waals surface area contributed by atoms with E-state index < -0.39 is 24.1 Å². The van der Waals surface area contributed by atoms with E-state index in [1.165, 1.54) is 0 Å². The van der Waals surface area contributed by atoms with Crippen LogP contribution in [0.2, 0.25) is 0 Å². The lowest BCUT2D eigenvalue weighted by Gasteiger charge is -2.29. The maximum Gasteiger partial charge on any atom is 0.326 e. The smallest absolute Gasteiger partial charge is 0.326 e. The molecule has 0 aromatic heterocycles. The third-order valence-electron chi connectivity index (χ3n) is 3.61. The maximum absolute atomic E-state index is 12.2. The van der Waals surface area contributed by atoms with Gasteiger partial charge in [-0.1, -0.05) is 13.8 Å². The number of hydrogen-bond donors (Lipinski definition) is 3. The number of nitrogens with one attached hydrogen (secondary N) is 2. The van der Waals surface area contributed by atoms with Gasteiger partial charge in [-0.3, -0.25) is 4.79 Å². The molecule has 3 N–H and O–H groups in total. The third-order valence-corrected chi connectivity index (χ3v) is 3.61. The van der Waals surface area contributed by atoms with Crippen molar-refractivity contribution in [3.05, 3.63) is 0 Å². The lowest BCUT2D eigenvalue weighted by molar-refractivity contribution is -0.140. The van der Waals surface area contributed by atoms with E-state index in [-0.39, 0.29) is 11.8 Å². The number of piperidine rings is 1. The molecule has 0 aliphatic carbocycles. The zero-order valence-electron chi connectivity index (χ0n) is 12.9. The van der Waals surface area contributed by atoms with Gasteiger partial charge in [0, 0.05) is 13.1 Å². The second-order valence-electron chi connectivity index (χ2n) is 5.79. The Kier molecular flexibility index (Phi) is 6.45. The lowest BCUT2D eigenvalue weighted by atomic mass is 10.1. The van der Waals surface area contributed by atoms with E-state index in [9.17, 15) is 14.4 Å². The molecule has 21 heavy (non-hydrogen) atoms. The minimum Gasteiger partial charge on any atom is -0.480 e. The highest BCUT2D eigenvalue weighted by molar-refractivity contribution is 5.88. The number of nitrogens with zero attached hydrogens (tertiary/aromatic N) is 1. The first kappa shape index (κ1) is 17.3. The molecule has 0 bridgehead atoms. The normalized spacial score (nSPS) is 18.0. The molecule has 2 unspecified atom stereocenters. The number of amides is 3. The molecule has 0 aromatic carbocycles. The molecule has 7 heteroatoms. The number of carboxylic acids is 1. The average Bonchev–Trinajstić information content (AvgIpc) is 2.44. The van der Waals surface area contributed by atoms with Crippen LogP contribution in [0.4, 0.5) is 4.79 Å². The lowest BCUT2D eigenvalue weighted by Crippen LogP contribution is -2.54. The summed E-state index contributed by atoms with van der Waals surface area (Å²) in [6.45, 7) is 6.47. The standard InChI is InChI=1S/C14H25N3O4/c1-9(2)11(13(19)20)16-14(21)15-10(3)12(18)17-7-5-4-6-8-17/h9-11H,4-8H2,1-3H3,(H,19,20)(H2,15,16,21). The van der Waals surface area contributed by atoms with Crippen LogP contribution >= 0.6 is 0 Å². The molecule has 1 aliphatic rings. The molecule has 2 atom stereocenters. The van der Waals surface area contributed by atoms with Crippen molar-refractivity contribution >= 4 is 17.9 Å². The zero-order valence-corrected chi connectivity index (χ0v) is 12.9. The first-order valence-corrected chi connectivity index (χ1v) is 7.41. The van der Waals surface area contributed by atoms with Crippen LogP contribution in [-0.4, -0.2) is 53.1 Å². The Morgan fingerprint density at radius 2 is 1.57 bits per heavy atom. The second kappa shape index (κ2) is 7.85. The van der Waals surface area contributed by atoms with Crippen LogP contribution in [0.3, 0.4) is 0 Å². The van der Waals surface area contributed by atoms with Crippen LogP contribution in [0.15, 0.2) is 0 Å². The highest BCUT2D eigenvalue weighted by Crippen LogP contribution is 2.10. The summed E-state index contributed by atoms with van der Waals surface area (Å²) in [4.78, 5) is 36.7. The highest BCUT2D eigenvalue weighted by Gasteiger charge is 2.27. The van der Waals surface area contributed by atoms with Gasteiger partial charge in [0.05, 0.1) is 0 Å². The first-order chi connectivity index (χ1) is 9.82. The van der Waals surface area contributed by atoms with Crippen molar-refractivity contribution in [1.29, 1.82) is 0 Å². The minimum absolute atomic E-state index is 0.124. The molecule has 1 fully saturated rings. The van der Waals surface area contributed by atoms with Crippen molar-refractivity contribution in [2.75, 3.05) is 13.1 Å². The number of urea groups is 1. The summed E-state index contributed by atoms with van der Waals surface area (Å²) < 4.78 is 0. The van der Waals surface area contributed by atoms with E-state index in [0.717, 1.165) is 32.4 Å². The summed E-state index contributed by atoms with van der Waals surface area (Å²) in [5, 5.41) is 13.9. The molecule has 1 saturated heterocycles. The third kappa shape index (κ3) is 5.24. The van der Waals surface area contributed by atoms with Crippen LogP contribution in [-0.2, 0) is 9.59 Å². The predicted octanol–water partition coefficient (Wildman–Crippen LogP) is 0.796. The number of hydrogen-bond acceptors (Lipinski definition) is 3. The molecule has 1 aliphatic heterocycles. The van der Waals surface area contributed by atoms with Crippen molar-refractivity contribution in [1.82, 2.24) is 15.5 Å². The minimum atomic E-state index is -1.09. The summed E-state index contributed by atoms with van der Waals surface area (Å²) in [7, 11) is 0. The van der Waals surface area contributed by atoms with E-state index in [4.69, 9.17) is 5.11 Å². The molecule has 0 radical (unpaired) electrons. The Morgan fingerprint density at radius 1 is 1.00 bits per heavy atom. The number of carboxylic acid groups (broad SMARTS) is 1. The average molecular weight is 299 g/mol. The van der Waals surface area contributed by atoms with Crippen molar-refractivity contribution in [2.24, 2.45) is 5.92 Å². The molecule has 1 rings (SSSR count). The van der Waals surface area contributed by atoms with Gasteiger partial charge in [0.15, 0.2) is 0 Å². The predicted molar refractivity (Wildman–Crippen MR) is 77.8 cm³/mol. The van der Waals surface area contributed by atoms with E-state index in [1.807, 2.05) is 0 Å². The molecule has 0 aromatic rings. The molecule has 120 valence electrons. The molecule has 0 saturated carbocycles. The van der Waals surface area contributed by atoms with Gasteiger partial charge in [0.25, 0.3) is 0 Å². The number of aliphatic carboxylic acids is 1. The summed E-state index contributed by atoms with van der Waals surface area (Å²) in [5.41, 5.74) is 0. The summed E-state index contributed by atoms with van der Waals surface area (Å²) in [5.74, 6) is -1.45. The Labute approximate surface area is 125 Å². The Balaban J connectivity index is 2.49. The maximum atomic E-state index is 12.2. The second-order valence-corrected chi connectivity index (χ2v) is 5.79. The number of carbonyl (C=O) groups excluding carboxylic acids is 2. The van der Waals surface area contributed by atoms with Crippen LogP contribution < -0.4 is 10.6 Å². The van der Waals surface area contributed by atoms with Gasteiger partial charge in [0.1, 0.15) is 12.1 Å². The molecule has 0 spiro atoms. The fourth-order valence-corrected chi connectivity index (χ4v) is 2.34. The summed E-state index contributed by atoms with van der Waals surface area (Å²) in [6.07, 6.45) is 3.10. The fourth-order valence-electron chi connectivity index (χ4n) is 2.34. The van der Waals surface area contributed by atoms with E-state index >= 15 is 0 Å². The number of rotatable bonds is 5. The topological polar surface area (TPSA) is 98.7 Å². The Hall–Kier alpha value is -1.79. The number of carbonyl (C=O) groups is 3. The van der Waals surface area contributed by atoms with E-state index in [0.29, 0.717) is 0 Å². The van der Waals surface area contributed by atoms with Crippen LogP contribution in [0.1, 0.15) is 40.0 Å². The first-order valence-electron chi connectivity index (χ1n) is 7.41. The van der Waals surface area contributed by atoms with Gasteiger partial charge < -0.3 is 20.6 Å². The Morgan fingerprint density at radius 3 is 2.05 bits per heavy atom. The van der Waals surface area contributed by atoms with E-state index in [1.54, 1.807) is 25.7 Å². The van der Waals surface area contributed by atoms with Crippen LogP contribution in [0, 0.1) is 5.92 Å². The van der Waals surface area contributed by atoms with Gasteiger partial charge in [0.2, 0.25) is 5.91 Å². The van der Waals surface area contributed by atoms with E-state index in [2.05, 4.69) is 10.6 Å². The Bertz CT molecular complexity index is 392. The monoisotopic (exact) mass is 299 g/mol. The quantitative estimate of drug-likeness (QED) is 0.699. The van der Waals surface area contributed by atoms with Crippen molar-refractivity contribution < 1.29 is 19.5 Å². The molecule has 3 amide bonds. The van der Waals surface area contributed by atoms with Gasteiger partial charge in [-0.15, -0.1) is 0 Å². The molecule has 1 heterocycles.